The highest BCUT2D eigenvalue weighted by Crippen LogP contribution is 2.10. The molecule has 1 heteroatoms. The van der Waals surface area contributed by atoms with Crippen LogP contribution in [0.25, 0.3) is 0 Å². The third-order valence-corrected chi connectivity index (χ3v) is 1.41. The van der Waals surface area contributed by atoms with E-state index in [1.165, 1.54) is 5.57 Å². The molecule has 0 fully saturated rings. The summed E-state index contributed by atoms with van der Waals surface area (Å²) in [5.74, 6) is 0. The van der Waals surface area contributed by atoms with Crippen LogP contribution in [0.3, 0.4) is 0 Å². The monoisotopic (exact) mass is 121 g/mol. The maximum absolute atomic E-state index is 3.83. The zero-order chi connectivity index (χ0) is 6.85. The van der Waals surface area contributed by atoms with Crippen molar-refractivity contribution in [1.82, 2.24) is 5.32 Å². The molecule has 0 radical (unpaired) electrons. The lowest BCUT2D eigenvalue weighted by Gasteiger charge is -2.13. The third kappa shape index (κ3) is 1.22. The Balaban J connectivity index is 2.86. The zero-order valence-electron chi connectivity index (χ0n) is 5.86. The van der Waals surface area contributed by atoms with Gasteiger partial charge in [-0.15, -0.1) is 0 Å². The quantitative estimate of drug-likeness (QED) is 0.516. The number of nitrogens with one attached hydrogen (secondary N) is 1. The van der Waals surface area contributed by atoms with Gasteiger partial charge in [0.2, 0.25) is 0 Å². The fourth-order valence-corrected chi connectivity index (χ4v) is 0.729. The molecule has 0 amide bonds. The first-order chi connectivity index (χ1) is 4.20. The second kappa shape index (κ2) is 2.09. The van der Waals surface area contributed by atoms with E-state index in [0.29, 0.717) is 0 Å². The van der Waals surface area contributed by atoms with Gasteiger partial charge in [0.1, 0.15) is 0 Å². The second-order valence-electron chi connectivity index (χ2n) is 2.30. The highest BCUT2D eigenvalue weighted by atomic mass is 14.9. The summed E-state index contributed by atoms with van der Waals surface area (Å²) in [5.41, 5.74) is 3.38. The van der Waals surface area contributed by atoms with E-state index in [9.17, 15) is 0 Å². The highest BCUT2D eigenvalue weighted by molar-refractivity contribution is 5.36. The maximum Gasteiger partial charge on any atom is 0.0338 e. The lowest BCUT2D eigenvalue weighted by atomic mass is 10.1. The first-order valence-corrected chi connectivity index (χ1v) is 3.01. The fraction of sp³-hybridized carbons (Fsp3) is 0.250. The van der Waals surface area contributed by atoms with Gasteiger partial charge in [-0.3, -0.25) is 0 Å². The van der Waals surface area contributed by atoms with Crippen LogP contribution in [-0.4, -0.2) is 0 Å². The van der Waals surface area contributed by atoms with Crippen molar-refractivity contribution >= 4 is 0 Å². The molecule has 0 aromatic rings. The van der Waals surface area contributed by atoms with Crippen molar-refractivity contribution in [3.63, 3.8) is 0 Å². The van der Waals surface area contributed by atoms with Gasteiger partial charge in [0.25, 0.3) is 0 Å². The van der Waals surface area contributed by atoms with Crippen molar-refractivity contribution in [2.45, 2.75) is 13.8 Å². The van der Waals surface area contributed by atoms with Crippen LogP contribution in [0.1, 0.15) is 13.8 Å². The maximum atomic E-state index is 3.83. The Labute approximate surface area is 55.8 Å². The summed E-state index contributed by atoms with van der Waals surface area (Å²) >= 11 is 0. The van der Waals surface area contributed by atoms with Crippen LogP contribution in [0.15, 0.2) is 35.7 Å². The summed E-state index contributed by atoms with van der Waals surface area (Å²) in [6.45, 7) is 7.89. The van der Waals surface area contributed by atoms with Crippen molar-refractivity contribution in [3.05, 3.63) is 35.7 Å². The smallest absolute Gasteiger partial charge is 0.0338 e. The molecule has 1 aliphatic heterocycles. The number of hydrogen-bond acceptors (Lipinski definition) is 1. The second-order valence-corrected chi connectivity index (χ2v) is 2.30. The van der Waals surface area contributed by atoms with Gasteiger partial charge in [0, 0.05) is 11.4 Å². The molecule has 0 spiro atoms. The molecule has 1 aliphatic rings. The molecule has 0 aromatic carbocycles. The van der Waals surface area contributed by atoms with Gasteiger partial charge in [-0.25, -0.2) is 0 Å². The Hall–Kier alpha value is -0.980. The van der Waals surface area contributed by atoms with Crippen molar-refractivity contribution in [3.8, 4) is 0 Å². The van der Waals surface area contributed by atoms with Crippen molar-refractivity contribution in [2.24, 2.45) is 0 Å². The Kier molecular flexibility index (Phi) is 1.43. The fourth-order valence-electron chi connectivity index (χ4n) is 0.729. The van der Waals surface area contributed by atoms with E-state index < -0.39 is 0 Å². The van der Waals surface area contributed by atoms with Crippen LogP contribution in [0, 0.1) is 0 Å². The summed E-state index contributed by atoms with van der Waals surface area (Å²) in [6.07, 6.45) is 4.11. The minimum atomic E-state index is 1.01. The van der Waals surface area contributed by atoms with Crippen LogP contribution in [0.2, 0.25) is 0 Å². The summed E-state index contributed by atoms with van der Waals surface area (Å²) < 4.78 is 0. The molecule has 0 aromatic heterocycles. The standard InChI is InChI=1S/C8H11N/c1-6-4-5-7(2)9-8(6)3/h4-5,9H,3H2,1-2H3. The van der Waals surface area contributed by atoms with Crippen LogP contribution >= 0.6 is 0 Å². The van der Waals surface area contributed by atoms with E-state index in [4.69, 9.17) is 0 Å². The van der Waals surface area contributed by atoms with E-state index in [2.05, 4.69) is 18.0 Å². The van der Waals surface area contributed by atoms with Crippen molar-refractivity contribution < 1.29 is 0 Å². The highest BCUT2D eigenvalue weighted by Gasteiger charge is 1.99. The molecule has 1 nitrogen and oxygen atoms in total. The van der Waals surface area contributed by atoms with Crippen molar-refractivity contribution in [2.75, 3.05) is 0 Å². The average molecular weight is 121 g/mol. The Morgan fingerprint density at radius 2 is 2.00 bits per heavy atom. The average Bonchev–Trinajstić information content (AvgIpc) is 1.80. The van der Waals surface area contributed by atoms with E-state index >= 15 is 0 Å². The Morgan fingerprint density at radius 1 is 1.33 bits per heavy atom. The van der Waals surface area contributed by atoms with Gasteiger partial charge in [0.15, 0.2) is 0 Å². The van der Waals surface area contributed by atoms with Gasteiger partial charge in [-0.2, -0.15) is 0 Å². The molecule has 0 atom stereocenters. The van der Waals surface area contributed by atoms with Crippen molar-refractivity contribution in [1.29, 1.82) is 0 Å². The Morgan fingerprint density at radius 3 is 2.44 bits per heavy atom. The van der Waals surface area contributed by atoms with E-state index in [-0.39, 0.29) is 0 Å². The molecule has 0 saturated carbocycles. The van der Waals surface area contributed by atoms with Crippen LogP contribution in [0.4, 0.5) is 0 Å². The topological polar surface area (TPSA) is 12.0 Å². The minimum Gasteiger partial charge on any atom is -0.359 e. The summed E-state index contributed by atoms with van der Waals surface area (Å²) in [5, 5.41) is 3.13. The summed E-state index contributed by atoms with van der Waals surface area (Å²) in [4.78, 5) is 0. The van der Waals surface area contributed by atoms with Crippen LogP contribution < -0.4 is 5.32 Å². The first kappa shape index (κ1) is 6.14. The SMILES string of the molecule is C=C1NC(C)=CC=C1C. The van der Waals surface area contributed by atoms with E-state index in [1.807, 2.05) is 19.9 Å². The molecule has 0 unspecified atom stereocenters. The van der Waals surface area contributed by atoms with Crippen LogP contribution in [-0.2, 0) is 0 Å². The predicted molar refractivity (Wildman–Crippen MR) is 39.8 cm³/mol. The van der Waals surface area contributed by atoms with E-state index in [1.54, 1.807) is 0 Å². The molecule has 48 valence electrons. The molecule has 1 N–H and O–H groups in total. The molecule has 1 rings (SSSR count). The molecule has 0 bridgehead atoms. The van der Waals surface area contributed by atoms with Gasteiger partial charge in [-0.1, -0.05) is 12.7 Å². The molecule has 1 heterocycles. The molecule has 0 saturated heterocycles. The lowest BCUT2D eigenvalue weighted by molar-refractivity contribution is 0.964. The first-order valence-electron chi connectivity index (χ1n) is 3.01. The van der Waals surface area contributed by atoms with Gasteiger partial charge in [0.05, 0.1) is 0 Å². The normalized spacial score (nSPS) is 18.2. The van der Waals surface area contributed by atoms with E-state index in [0.717, 1.165) is 11.4 Å². The number of allylic oxidation sites excluding steroid dienone is 4. The van der Waals surface area contributed by atoms with Gasteiger partial charge >= 0.3 is 0 Å². The largest absolute Gasteiger partial charge is 0.359 e. The molecular formula is C8H11N. The minimum absolute atomic E-state index is 1.01. The van der Waals surface area contributed by atoms with Crippen LogP contribution in [0.5, 0.6) is 0 Å². The zero-order valence-corrected chi connectivity index (χ0v) is 5.86. The summed E-state index contributed by atoms with van der Waals surface area (Å²) in [7, 11) is 0. The number of hydrogen-bond donors (Lipinski definition) is 1. The molecular weight excluding hydrogens is 110 g/mol. The number of dihydropyridines is 1. The van der Waals surface area contributed by atoms with Gasteiger partial charge < -0.3 is 5.32 Å². The summed E-state index contributed by atoms with van der Waals surface area (Å²) in [6, 6.07) is 0. The third-order valence-electron chi connectivity index (χ3n) is 1.41. The molecule has 0 aliphatic carbocycles. The lowest BCUT2D eigenvalue weighted by Crippen LogP contribution is -2.12. The number of rotatable bonds is 0. The Bertz CT molecular complexity index is 197. The predicted octanol–water partition coefficient (Wildman–Crippen LogP) is 1.95. The van der Waals surface area contributed by atoms with Gasteiger partial charge in [-0.05, 0) is 25.5 Å². The molecule has 9 heavy (non-hydrogen) atoms.